The molecule has 0 unspecified atom stereocenters. The Morgan fingerprint density at radius 1 is 1.27 bits per heavy atom. The Labute approximate surface area is 72.0 Å². The molecule has 0 fully saturated rings. The van der Waals surface area contributed by atoms with Gasteiger partial charge < -0.3 is 0 Å². The average Bonchev–Trinajstić information content (AvgIpc) is 2.28. The molecule has 11 heavy (non-hydrogen) atoms. The van der Waals surface area contributed by atoms with Gasteiger partial charge in [-0.1, -0.05) is 18.2 Å². The van der Waals surface area contributed by atoms with E-state index in [9.17, 15) is 0 Å². The molecule has 2 radical (unpaired) electrons. The van der Waals surface area contributed by atoms with Crippen LogP contribution < -0.4 is 0 Å². The molecule has 0 nitrogen and oxygen atoms in total. The minimum absolute atomic E-state index is 1.03. The lowest BCUT2D eigenvalue weighted by atomic mass is 10.1. The van der Waals surface area contributed by atoms with E-state index in [1.54, 1.807) is 0 Å². The quantitative estimate of drug-likeness (QED) is 0.565. The van der Waals surface area contributed by atoms with E-state index >= 15 is 0 Å². The zero-order chi connectivity index (χ0) is 7.52. The van der Waals surface area contributed by atoms with Gasteiger partial charge in [0.15, 0.2) is 0 Å². The fourth-order valence-electron chi connectivity index (χ4n) is 1.25. The van der Waals surface area contributed by atoms with Crippen molar-refractivity contribution in [1.29, 1.82) is 0 Å². The largest absolute Gasteiger partial charge is 0.126 e. The summed E-state index contributed by atoms with van der Waals surface area (Å²) in [6, 6.07) is 8.61. The summed E-state index contributed by atoms with van der Waals surface area (Å²) in [5, 5.41) is 0. The van der Waals surface area contributed by atoms with Crippen LogP contribution in [0.4, 0.5) is 0 Å². The van der Waals surface area contributed by atoms with Crippen molar-refractivity contribution in [3.63, 3.8) is 0 Å². The molecule has 0 aliphatic carbocycles. The second-order valence-electron chi connectivity index (χ2n) is 2.63. The molecular formula is C10H10S. The molecule has 1 aromatic rings. The van der Waals surface area contributed by atoms with Crippen molar-refractivity contribution in [1.82, 2.24) is 0 Å². The van der Waals surface area contributed by atoms with Gasteiger partial charge in [0.1, 0.15) is 0 Å². The van der Waals surface area contributed by atoms with Gasteiger partial charge in [-0.05, 0) is 36.6 Å². The lowest BCUT2D eigenvalue weighted by Gasteiger charge is -2.01. The average molecular weight is 162 g/mol. The van der Waals surface area contributed by atoms with Crippen molar-refractivity contribution >= 4 is 11.8 Å². The van der Waals surface area contributed by atoms with Crippen molar-refractivity contribution in [2.24, 2.45) is 0 Å². The Balaban J connectivity index is 2.33. The number of thioether (sulfide) groups is 1. The van der Waals surface area contributed by atoms with E-state index in [0.29, 0.717) is 0 Å². The summed E-state index contributed by atoms with van der Waals surface area (Å²) in [5.74, 6) is 1.19. The standard InChI is InChI=1S/C10H10S/c1-2-7-10-9(5-1)6-3-4-8-11-10/h1-2,5,7H,4,6,8H2. The molecule has 1 aliphatic heterocycles. The summed E-state index contributed by atoms with van der Waals surface area (Å²) >= 11 is 1.95. The van der Waals surface area contributed by atoms with Gasteiger partial charge in [-0.25, -0.2) is 0 Å². The summed E-state index contributed by atoms with van der Waals surface area (Å²) in [6.07, 6.45) is 5.54. The smallest absolute Gasteiger partial charge is 0.0104 e. The molecule has 0 amide bonds. The van der Waals surface area contributed by atoms with Gasteiger partial charge in [0.25, 0.3) is 0 Å². The lowest BCUT2D eigenvalue weighted by molar-refractivity contribution is 1.01. The summed E-state index contributed by atoms with van der Waals surface area (Å²) in [4.78, 5) is 1.44. The molecule has 1 heteroatoms. The minimum atomic E-state index is 1.03. The minimum Gasteiger partial charge on any atom is -0.126 e. The third-order valence-corrected chi connectivity index (χ3v) is 2.94. The fraction of sp³-hybridized carbons (Fsp3) is 0.300. The van der Waals surface area contributed by atoms with E-state index < -0.39 is 0 Å². The van der Waals surface area contributed by atoms with E-state index in [0.717, 1.165) is 12.8 Å². The van der Waals surface area contributed by atoms with Crippen LogP contribution in [0.1, 0.15) is 12.0 Å². The zero-order valence-corrected chi connectivity index (χ0v) is 7.16. The summed E-state index contributed by atoms with van der Waals surface area (Å²) in [7, 11) is 0. The van der Waals surface area contributed by atoms with Crippen molar-refractivity contribution < 1.29 is 0 Å². The Hall–Kier alpha value is -0.430. The zero-order valence-electron chi connectivity index (χ0n) is 6.34. The number of benzene rings is 1. The van der Waals surface area contributed by atoms with Crippen LogP contribution in [0.2, 0.25) is 0 Å². The summed E-state index contributed by atoms with van der Waals surface area (Å²) < 4.78 is 0. The predicted octanol–water partition coefficient (Wildman–Crippen LogP) is 2.81. The molecule has 1 aromatic carbocycles. The van der Waals surface area contributed by atoms with Crippen molar-refractivity contribution in [2.45, 2.75) is 17.7 Å². The Morgan fingerprint density at radius 2 is 2.18 bits per heavy atom. The van der Waals surface area contributed by atoms with Crippen LogP contribution in [0.5, 0.6) is 0 Å². The Bertz CT molecular complexity index is 217. The van der Waals surface area contributed by atoms with Gasteiger partial charge in [-0.2, -0.15) is 0 Å². The molecule has 1 aliphatic rings. The topological polar surface area (TPSA) is 0 Å². The second kappa shape index (κ2) is 3.31. The van der Waals surface area contributed by atoms with Gasteiger partial charge in [-0.3, -0.25) is 0 Å². The van der Waals surface area contributed by atoms with Crippen LogP contribution in [0.3, 0.4) is 0 Å². The Kier molecular flexibility index (Phi) is 2.18. The van der Waals surface area contributed by atoms with Crippen LogP contribution in [0.15, 0.2) is 29.2 Å². The first-order chi connectivity index (χ1) is 5.47. The van der Waals surface area contributed by atoms with E-state index in [2.05, 4.69) is 30.7 Å². The highest BCUT2D eigenvalue weighted by Gasteiger charge is 2.06. The first kappa shape index (κ1) is 7.23. The summed E-state index contributed by atoms with van der Waals surface area (Å²) in [6.45, 7) is 0. The fourth-order valence-corrected chi connectivity index (χ4v) is 2.21. The van der Waals surface area contributed by atoms with Crippen LogP contribution in [0.25, 0.3) is 0 Å². The van der Waals surface area contributed by atoms with Gasteiger partial charge in [0.2, 0.25) is 0 Å². The molecule has 0 saturated heterocycles. The molecular weight excluding hydrogens is 152 g/mol. The number of hydrogen-bond donors (Lipinski definition) is 0. The molecule has 0 bridgehead atoms. The number of rotatable bonds is 0. The van der Waals surface area contributed by atoms with Crippen LogP contribution >= 0.6 is 11.8 Å². The summed E-state index contributed by atoms with van der Waals surface area (Å²) in [5.41, 5.74) is 1.44. The molecule has 56 valence electrons. The molecule has 0 saturated carbocycles. The molecule has 0 spiro atoms. The SMILES string of the molecule is [C]1CCSc2ccccc2C1. The van der Waals surface area contributed by atoms with Crippen LogP contribution in [0, 0.1) is 6.42 Å². The third-order valence-electron chi connectivity index (χ3n) is 1.82. The Morgan fingerprint density at radius 3 is 3.18 bits per heavy atom. The van der Waals surface area contributed by atoms with Crippen molar-refractivity contribution in [2.75, 3.05) is 5.75 Å². The van der Waals surface area contributed by atoms with Gasteiger partial charge >= 0.3 is 0 Å². The van der Waals surface area contributed by atoms with Crippen molar-refractivity contribution in [3.05, 3.63) is 36.2 Å². The molecule has 0 aromatic heterocycles. The maximum absolute atomic E-state index is 3.38. The number of fused-ring (bicyclic) bond motifs is 1. The first-order valence-electron chi connectivity index (χ1n) is 3.88. The van der Waals surface area contributed by atoms with Crippen LogP contribution in [-0.4, -0.2) is 5.75 Å². The van der Waals surface area contributed by atoms with Gasteiger partial charge in [0, 0.05) is 4.90 Å². The van der Waals surface area contributed by atoms with E-state index in [4.69, 9.17) is 0 Å². The monoisotopic (exact) mass is 162 g/mol. The van der Waals surface area contributed by atoms with Gasteiger partial charge in [0.05, 0.1) is 0 Å². The highest BCUT2D eigenvalue weighted by atomic mass is 32.2. The lowest BCUT2D eigenvalue weighted by Crippen LogP contribution is -1.84. The normalized spacial score (nSPS) is 17.1. The third kappa shape index (κ3) is 1.59. The molecule has 1 heterocycles. The molecule has 0 atom stereocenters. The van der Waals surface area contributed by atoms with E-state index in [-0.39, 0.29) is 0 Å². The number of hydrogen-bond acceptors (Lipinski definition) is 1. The highest BCUT2D eigenvalue weighted by Crippen LogP contribution is 2.27. The maximum atomic E-state index is 3.38. The van der Waals surface area contributed by atoms with Crippen LogP contribution in [-0.2, 0) is 6.42 Å². The first-order valence-corrected chi connectivity index (χ1v) is 4.87. The predicted molar refractivity (Wildman–Crippen MR) is 48.7 cm³/mol. The maximum Gasteiger partial charge on any atom is 0.0104 e. The molecule has 0 N–H and O–H groups in total. The van der Waals surface area contributed by atoms with Crippen molar-refractivity contribution in [3.8, 4) is 0 Å². The molecule has 2 rings (SSSR count). The van der Waals surface area contributed by atoms with E-state index in [1.165, 1.54) is 16.2 Å². The second-order valence-corrected chi connectivity index (χ2v) is 3.77. The van der Waals surface area contributed by atoms with Gasteiger partial charge in [-0.15, -0.1) is 11.8 Å². The highest BCUT2D eigenvalue weighted by molar-refractivity contribution is 7.99. The van der Waals surface area contributed by atoms with E-state index in [1.807, 2.05) is 11.8 Å².